The smallest absolute Gasteiger partial charge is 0.247 e. The summed E-state index contributed by atoms with van der Waals surface area (Å²) in [7, 11) is -0.404. The number of methoxy groups -OCH3 is 2. The summed E-state index contributed by atoms with van der Waals surface area (Å²) in [6.45, 7) is 2.49. The molecule has 1 heterocycles. The van der Waals surface area contributed by atoms with Crippen molar-refractivity contribution in [1.82, 2.24) is 4.41 Å². The standard InChI is InChI=1S/C20H24N2O5S/c1-5-27-16-9-6-14(7-10-16)18-13-17(21-22(18)28(4,23)24)15-8-11-19(25-2)20(12-15)26-3/h6-12,18H,5,13H2,1-4H3/t18-/m0/s1. The van der Waals surface area contributed by atoms with Gasteiger partial charge in [0.05, 0.1) is 38.8 Å². The molecule has 3 rings (SSSR count). The van der Waals surface area contributed by atoms with Gasteiger partial charge in [0.2, 0.25) is 10.0 Å². The van der Waals surface area contributed by atoms with Crippen LogP contribution in [0, 0.1) is 0 Å². The molecular weight excluding hydrogens is 380 g/mol. The van der Waals surface area contributed by atoms with Gasteiger partial charge in [0.25, 0.3) is 0 Å². The summed E-state index contributed by atoms with van der Waals surface area (Å²) in [6, 6.07) is 12.5. The number of rotatable bonds is 7. The van der Waals surface area contributed by atoms with Gasteiger partial charge in [0, 0.05) is 12.0 Å². The van der Waals surface area contributed by atoms with Gasteiger partial charge < -0.3 is 14.2 Å². The Hall–Kier alpha value is -2.74. The van der Waals surface area contributed by atoms with Crippen LogP contribution in [0.1, 0.15) is 30.5 Å². The highest BCUT2D eigenvalue weighted by Crippen LogP contribution is 2.37. The van der Waals surface area contributed by atoms with Crippen molar-refractivity contribution >= 4 is 15.7 Å². The summed E-state index contributed by atoms with van der Waals surface area (Å²) in [5.41, 5.74) is 2.32. The molecule has 28 heavy (non-hydrogen) atoms. The molecule has 0 saturated heterocycles. The van der Waals surface area contributed by atoms with E-state index in [4.69, 9.17) is 14.2 Å². The van der Waals surface area contributed by atoms with Crippen LogP contribution in [0.5, 0.6) is 17.2 Å². The molecule has 0 radical (unpaired) electrons. The zero-order chi connectivity index (χ0) is 20.3. The SMILES string of the molecule is CCOc1ccc([C@@H]2CC(c3ccc(OC)c(OC)c3)=NN2S(C)(=O)=O)cc1. The van der Waals surface area contributed by atoms with E-state index in [9.17, 15) is 8.42 Å². The van der Waals surface area contributed by atoms with Crippen molar-refractivity contribution in [2.45, 2.75) is 19.4 Å². The van der Waals surface area contributed by atoms with Crippen LogP contribution in [-0.2, 0) is 10.0 Å². The van der Waals surface area contributed by atoms with Crippen LogP contribution >= 0.6 is 0 Å². The number of hydrazone groups is 1. The summed E-state index contributed by atoms with van der Waals surface area (Å²) in [4.78, 5) is 0. The molecule has 0 aromatic heterocycles. The molecule has 1 atom stereocenters. The molecule has 1 aliphatic heterocycles. The van der Waals surface area contributed by atoms with Crippen molar-refractivity contribution in [2.75, 3.05) is 27.1 Å². The van der Waals surface area contributed by atoms with E-state index in [0.29, 0.717) is 30.2 Å². The maximum atomic E-state index is 12.3. The van der Waals surface area contributed by atoms with Gasteiger partial charge in [-0.25, -0.2) is 8.42 Å². The van der Waals surface area contributed by atoms with Crippen LogP contribution in [0.4, 0.5) is 0 Å². The van der Waals surface area contributed by atoms with Gasteiger partial charge in [-0.3, -0.25) is 0 Å². The second-order valence-corrected chi connectivity index (χ2v) is 8.21. The van der Waals surface area contributed by atoms with Crippen molar-refractivity contribution in [3.8, 4) is 17.2 Å². The zero-order valence-electron chi connectivity index (χ0n) is 16.4. The van der Waals surface area contributed by atoms with E-state index in [1.165, 1.54) is 4.41 Å². The fourth-order valence-corrected chi connectivity index (χ4v) is 4.09. The Labute approximate surface area is 165 Å². The lowest BCUT2D eigenvalue weighted by molar-refractivity contribution is 0.339. The number of ether oxygens (including phenoxy) is 3. The summed E-state index contributed by atoms with van der Waals surface area (Å²) in [5, 5.41) is 4.41. The largest absolute Gasteiger partial charge is 0.494 e. The fraction of sp³-hybridized carbons (Fsp3) is 0.350. The number of hydrogen-bond donors (Lipinski definition) is 0. The van der Waals surface area contributed by atoms with Gasteiger partial charge in [-0.1, -0.05) is 12.1 Å². The molecule has 2 aromatic carbocycles. The van der Waals surface area contributed by atoms with Crippen LogP contribution in [0.2, 0.25) is 0 Å². The van der Waals surface area contributed by atoms with Crippen molar-refractivity contribution in [3.63, 3.8) is 0 Å². The number of benzene rings is 2. The van der Waals surface area contributed by atoms with E-state index < -0.39 is 16.1 Å². The molecular formula is C20H24N2O5S. The van der Waals surface area contributed by atoms with Gasteiger partial charge in [-0.2, -0.15) is 9.52 Å². The predicted octanol–water partition coefficient (Wildman–Crippen LogP) is 3.21. The Morgan fingerprint density at radius 2 is 1.75 bits per heavy atom. The molecule has 2 aromatic rings. The molecule has 0 bridgehead atoms. The third-order valence-electron chi connectivity index (χ3n) is 4.51. The van der Waals surface area contributed by atoms with E-state index in [2.05, 4.69) is 5.10 Å². The first kappa shape index (κ1) is 20.0. The van der Waals surface area contributed by atoms with Crippen molar-refractivity contribution in [2.24, 2.45) is 5.10 Å². The van der Waals surface area contributed by atoms with E-state index in [1.807, 2.05) is 37.3 Å². The minimum absolute atomic E-state index is 0.409. The molecule has 150 valence electrons. The third kappa shape index (κ3) is 4.06. The highest BCUT2D eigenvalue weighted by molar-refractivity contribution is 7.88. The number of sulfonamides is 1. The van der Waals surface area contributed by atoms with E-state index >= 15 is 0 Å². The van der Waals surface area contributed by atoms with E-state index in [-0.39, 0.29) is 0 Å². The molecule has 0 fully saturated rings. The summed E-state index contributed by atoms with van der Waals surface area (Å²) < 4.78 is 41.9. The normalized spacial score (nSPS) is 16.6. The van der Waals surface area contributed by atoms with Gasteiger partial charge >= 0.3 is 0 Å². The lowest BCUT2D eigenvalue weighted by atomic mass is 9.99. The molecule has 1 aliphatic rings. The van der Waals surface area contributed by atoms with Crippen LogP contribution in [-0.4, -0.2) is 45.6 Å². The first-order chi connectivity index (χ1) is 13.4. The van der Waals surface area contributed by atoms with Crippen LogP contribution in [0.15, 0.2) is 47.6 Å². The Bertz CT molecular complexity index is 971. The van der Waals surface area contributed by atoms with Gasteiger partial charge in [-0.05, 0) is 42.8 Å². The highest BCUT2D eigenvalue weighted by atomic mass is 32.2. The lowest BCUT2D eigenvalue weighted by Crippen LogP contribution is -2.25. The average Bonchev–Trinajstić information content (AvgIpc) is 3.14. The Morgan fingerprint density at radius 1 is 1.07 bits per heavy atom. The molecule has 0 aliphatic carbocycles. The van der Waals surface area contributed by atoms with Crippen LogP contribution in [0.25, 0.3) is 0 Å². The zero-order valence-corrected chi connectivity index (χ0v) is 17.2. The van der Waals surface area contributed by atoms with Crippen molar-refractivity contribution in [3.05, 3.63) is 53.6 Å². The minimum atomic E-state index is -3.53. The molecule has 0 spiro atoms. The lowest BCUT2D eigenvalue weighted by Gasteiger charge is -2.21. The molecule has 0 N–H and O–H groups in total. The first-order valence-corrected chi connectivity index (χ1v) is 10.7. The third-order valence-corrected chi connectivity index (χ3v) is 5.52. The van der Waals surface area contributed by atoms with Gasteiger partial charge in [-0.15, -0.1) is 0 Å². The average molecular weight is 404 g/mol. The molecule has 0 saturated carbocycles. The van der Waals surface area contributed by atoms with E-state index in [0.717, 1.165) is 23.1 Å². The number of nitrogens with zero attached hydrogens (tertiary/aromatic N) is 2. The first-order valence-electron chi connectivity index (χ1n) is 8.89. The summed E-state index contributed by atoms with van der Waals surface area (Å²) in [5.74, 6) is 1.92. The maximum Gasteiger partial charge on any atom is 0.247 e. The van der Waals surface area contributed by atoms with Crippen LogP contribution in [0.3, 0.4) is 0 Å². The topological polar surface area (TPSA) is 77.4 Å². The minimum Gasteiger partial charge on any atom is -0.494 e. The van der Waals surface area contributed by atoms with Gasteiger partial charge in [0.15, 0.2) is 11.5 Å². The quantitative estimate of drug-likeness (QED) is 0.708. The second kappa shape index (κ2) is 8.10. The van der Waals surface area contributed by atoms with Crippen molar-refractivity contribution < 1.29 is 22.6 Å². The second-order valence-electron chi connectivity index (χ2n) is 6.37. The van der Waals surface area contributed by atoms with Crippen molar-refractivity contribution in [1.29, 1.82) is 0 Å². The van der Waals surface area contributed by atoms with Gasteiger partial charge in [0.1, 0.15) is 5.75 Å². The Balaban J connectivity index is 1.95. The predicted molar refractivity (Wildman–Crippen MR) is 108 cm³/mol. The summed E-state index contributed by atoms with van der Waals surface area (Å²) in [6.07, 6.45) is 1.62. The number of hydrogen-bond acceptors (Lipinski definition) is 6. The Morgan fingerprint density at radius 3 is 2.32 bits per heavy atom. The highest BCUT2D eigenvalue weighted by Gasteiger charge is 2.34. The maximum absolute atomic E-state index is 12.3. The molecule has 7 nitrogen and oxygen atoms in total. The molecule has 0 amide bonds. The van der Waals surface area contributed by atoms with E-state index in [1.54, 1.807) is 26.4 Å². The summed E-state index contributed by atoms with van der Waals surface area (Å²) >= 11 is 0. The monoisotopic (exact) mass is 404 g/mol. The van der Waals surface area contributed by atoms with Crippen LogP contribution < -0.4 is 14.2 Å². The molecule has 0 unspecified atom stereocenters. The molecule has 8 heteroatoms. The fourth-order valence-electron chi connectivity index (χ4n) is 3.19. The Kier molecular flexibility index (Phi) is 5.79.